The summed E-state index contributed by atoms with van der Waals surface area (Å²) in [6.07, 6.45) is 1.66. The van der Waals surface area contributed by atoms with E-state index in [1.54, 1.807) is 13.3 Å². The zero-order chi connectivity index (χ0) is 12.3. The Balaban J connectivity index is 2.20. The Hall–Kier alpha value is -1.33. The molecular weight excluding hydrogens is 220 g/mol. The van der Waals surface area contributed by atoms with E-state index in [1.807, 2.05) is 19.1 Å². The van der Waals surface area contributed by atoms with Crippen LogP contribution in [0.1, 0.15) is 6.92 Å². The minimum absolute atomic E-state index is 0.0238. The summed E-state index contributed by atoms with van der Waals surface area (Å²) in [5.74, 6) is 1.56. The highest BCUT2D eigenvalue weighted by atomic mass is 16.5. The van der Waals surface area contributed by atoms with Crippen molar-refractivity contribution in [3.63, 3.8) is 0 Å². The smallest absolute Gasteiger partial charge is 0.171 e. The van der Waals surface area contributed by atoms with Crippen molar-refractivity contribution in [2.24, 2.45) is 0 Å². The maximum absolute atomic E-state index is 9.20. The van der Waals surface area contributed by atoms with E-state index in [-0.39, 0.29) is 18.8 Å². The van der Waals surface area contributed by atoms with Crippen molar-refractivity contribution in [3.05, 3.63) is 18.3 Å². The van der Waals surface area contributed by atoms with Gasteiger partial charge in [0, 0.05) is 19.3 Å². The molecule has 2 unspecified atom stereocenters. The molecule has 0 radical (unpaired) electrons. The van der Waals surface area contributed by atoms with Crippen molar-refractivity contribution >= 4 is 5.82 Å². The van der Waals surface area contributed by atoms with Crippen LogP contribution in [0, 0.1) is 0 Å². The first-order valence-electron chi connectivity index (χ1n) is 5.75. The monoisotopic (exact) mass is 238 g/mol. The van der Waals surface area contributed by atoms with E-state index in [9.17, 15) is 5.11 Å². The summed E-state index contributed by atoms with van der Waals surface area (Å²) >= 11 is 0. The van der Waals surface area contributed by atoms with Crippen LogP contribution in [0.2, 0.25) is 0 Å². The summed E-state index contributed by atoms with van der Waals surface area (Å²) in [5, 5.41) is 9.20. The number of hydrogen-bond acceptors (Lipinski definition) is 5. The molecule has 2 atom stereocenters. The van der Waals surface area contributed by atoms with E-state index in [4.69, 9.17) is 9.47 Å². The van der Waals surface area contributed by atoms with E-state index in [2.05, 4.69) is 9.88 Å². The van der Waals surface area contributed by atoms with Crippen LogP contribution >= 0.6 is 0 Å². The molecule has 1 aromatic rings. The van der Waals surface area contributed by atoms with Crippen LogP contribution < -0.4 is 9.64 Å². The van der Waals surface area contributed by atoms with Crippen molar-refractivity contribution in [3.8, 4) is 5.75 Å². The summed E-state index contributed by atoms with van der Waals surface area (Å²) in [5.41, 5.74) is 0. The lowest BCUT2D eigenvalue weighted by molar-refractivity contribution is -0.0423. The third-order valence-corrected chi connectivity index (χ3v) is 2.80. The normalized spacial score (nSPS) is 24.8. The Bertz CT molecular complexity index is 373. The van der Waals surface area contributed by atoms with Gasteiger partial charge in [-0.3, -0.25) is 0 Å². The summed E-state index contributed by atoms with van der Waals surface area (Å²) in [7, 11) is 1.63. The molecule has 5 nitrogen and oxygen atoms in total. The minimum Gasteiger partial charge on any atom is -0.493 e. The van der Waals surface area contributed by atoms with Gasteiger partial charge in [0.2, 0.25) is 0 Å². The first kappa shape index (κ1) is 12.1. The molecule has 0 aliphatic carbocycles. The van der Waals surface area contributed by atoms with Gasteiger partial charge in [-0.15, -0.1) is 0 Å². The molecule has 0 bridgehead atoms. The molecule has 1 aromatic heterocycles. The van der Waals surface area contributed by atoms with Gasteiger partial charge in [-0.2, -0.15) is 0 Å². The summed E-state index contributed by atoms with van der Waals surface area (Å²) in [4.78, 5) is 6.43. The SMILES string of the molecule is COc1cccnc1N1CC(C)OC(CO)C1. The predicted octanol–water partition coefficient (Wildman–Crippen LogP) is 0.676. The van der Waals surface area contributed by atoms with Crippen molar-refractivity contribution in [2.75, 3.05) is 31.7 Å². The van der Waals surface area contributed by atoms with E-state index >= 15 is 0 Å². The van der Waals surface area contributed by atoms with Gasteiger partial charge >= 0.3 is 0 Å². The number of morpholine rings is 1. The molecule has 2 heterocycles. The van der Waals surface area contributed by atoms with Crippen molar-refractivity contribution in [1.82, 2.24) is 4.98 Å². The molecule has 1 N–H and O–H groups in total. The molecule has 1 fully saturated rings. The second kappa shape index (κ2) is 5.33. The van der Waals surface area contributed by atoms with E-state index < -0.39 is 0 Å². The fraction of sp³-hybridized carbons (Fsp3) is 0.583. The molecule has 0 spiro atoms. The van der Waals surface area contributed by atoms with Crippen LogP contribution in [0.4, 0.5) is 5.82 Å². The second-order valence-corrected chi connectivity index (χ2v) is 4.19. The topological polar surface area (TPSA) is 54.8 Å². The van der Waals surface area contributed by atoms with Crippen LogP contribution in [0.5, 0.6) is 5.75 Å². The molecule has 17 heavy (non-hydrogen) atoms. The highest BCUT2D eigenvalue weighted by molar-refractivity contribution is 5.52. The molecule has 0 saturated carbocycles. The molecule has 1 aliphatic rings. The van der Waals surface area contributed by atoms with E-state index in [0.717, 1.165) is 18.1 Å². The Labute approximate surface area is 101 Å². The molecule has 1 saturated heterocycles. The van der Waals surface area contributed by atoms with Gasteiger partial charge < -0.3 is 19.5 Å². The number of aliphatic hydroxyl groups is 1. The number of nitrogens with zero attached hydrogens (tertiary/aromatic N) is 2. The molecule has 0 aromatic carbocycles. The van der Waals surface area contributed by atoms with Gasteiger partial charge in [0.05, 0.1) is 25.9 Å². The Morgan fingerprint density at radius 2 is 2.41 bits per heavy atom. The standard InChI is InChI=1S/C12H18N2O3/c1-9-6-14(7-10(8-15)17-9)12-11(16-2)4-3-5-13-12/h3-5,9-10,15H,6-8H2,1-2H3. The molecule has 94 valence electrons. The lowest BCUT2D eigenvalue weighted by Gasteiger charge is -2.37. The third-order valence-electron chi connectivity index (χ3n) is 2.80. The Morgan fingerprint density at radius 1 is 1.59 bits per heavy atom. The van der Waals surface area contributed by atoms with E-state index in [0.29, 0.717) is 6.54 Å². The molecule has 5 heteroatoms. The molecular formula is C12H18N2O3. The quantitative estimate of drug-likeness (QED) is 0.839. The lowest BCUT2D eigenvalue weighted by atomic mass is 10.2. The average Bonchev–Trinajstić information content (AvgIpc) is 2.37. The molecule has 0 amide bonds. The first-order valence-corrected chi connectivity index (χ1v) is 5.75. The Morgan fingerprint density at radius 3 is 3.12 bits per heavy atom. The van der Waals surface area contributed by atoms with Gasteiger partial charge in [0.25, 0.3) is 0 Å². The van der Waals surface area contributed by atoms with Crippen LogP contribution in [0.15, 0.2) is 18.3 Å². The van der Waals surface area contributed by atoms with Crippen molar-refractivity contribution in [2.45, 2.75) is 19.1 Å². The number of methoxy groups -OCH3 is 1. The number of ether oxygens (including phenoxy) is 2. The van der Waals surface area contributed by atoms with E-state index in [1.165, 1.54) is 0 Å². The average molecular weight is 238 g/mol. The predicted molar refractivity (Wildman–Crippen MR) is 64.4 cm³/mol. The summed E-state index contributed by atoms with van der Waals surface area (Å²) in [6, 6.07) is 3.73. The first-order chi connectivity index (χ1) is 8.24. The largest absolute Gasteiger partial charge is 0.493 e. The maximum atomic E-state index is 9.20. The van der Waals surface area contributed by atoms with Gasteiger partial charge in [-0.25, -0.2) is 4.98 Å². The van der Waals surface area contributed by atoms with Crippen LogP contribution in [0.3, 0.4) is 0 Å². The van der Waals surface area contributed by atoms with Crippen molar-refractivity contribution in [1.29, 1.82) is 0 Å². The number of anilines is 1. The number of rotatable bonds is 3. The number of hydrogen-bond donors (Lipinski definition) is 1. The number of pyridine rings is 1. The van der Waals surface area contributed by atoms with Crippen LogP contribution in [-0.2, 0) is 4.74 Å². The summed E-state index contributed by atoms with van der Waals surface area (Å²) < 4.78 is 10.9. The fourth-order valence-corrected chi connectivity index (χ4v) is 2.10. The number of aliphatic hydroxyl groups excluding tert-OH is 1. The fourth-order valence-electron chi connectivity index (χ4n) is 2.10. The minimum atomic E-state index is -0.162. The summed E-state index contributed by atoms with van der Waals surface area (Å²) in [6.45, 7) is 3.40. The zero-order valence-corrected chi connectivity index (χ0v) is 10.2. The van der Waals surface area contributed by atoms with Gasteiger partial charge in [-0.05, 0) is 19.1 Å². The third kappa shape index (κ3) is 2.68. The molecule has 2 rings (SSSR count). The maximum Gasteiger partial charge on any atom is 0.171 e. The zero-order valence-electron chi connectivity index (χ0n) is 10.2. The lowest BCUT2D eigenvalue weighted by Crippen LogP contribution is -2.48. The highest BCUT2D eigenvalue weighted by Gasteiger charge is 2.27. The molecule has 1 aliphatic heterocycles. The van der Waals surface area contributed by atoms with Gasteiger partial charge in [0.1, 0.15) is 0 Å². The second-order valence-electron chi connectivity index (χ2n) is 4.19. The Kier molecular flexibility index (Phi) is 3.81. The van der Waals surface area contributed by atoms with Crippen LogP contribution in [-0.4, -0.2) is 49.1 Å². The van der Waals surface area contributed by atoms with Crippen molar-refractivity contribution < 1.29 is 14.6 Å². The van der Waals surface area contributed by atoms with Gasteiger partial charge in [0.15, 0.2) is 11.6 Å². The van der Waals surface area contributed by atoms with Crippen LogP contribution in [0.25, 0.3) is 0 Å². The van der Waals surface area contributed by atoms with Gasteiger partial charge in [-0.1, -0.05) is 0 Å². The number of aromatic nitrogens is 1. The highest BCUT2D eigenvalue weighted by Crippen LogP contribution is 2.27.